The molecule has 0 aromatic heterocycles. The van der Waals surface area contributed by atoms with Crippen LogP contribution in [0.2, 0.25) is 0 Å². The average molecular weight is 210 g/mol. The van der Waals surface area contributed by atoms with Crippen molar-refractivity contribution in [1.82, 2.24) is 4.90 Å². The van der Waals surface area contributed by atoms with Gasteiger partial charge in [-0.3, -0.25) is 0 Å². The molecule has 2 heteroatoms. The van der Waals surface area contributed by atoms with Crippen molar-refractivity contribution < 1.29 is 0 Å². The Morgan fingerprint density at radius 3 is 2.40 bits per heavy atom. The largest absolute Gasteiger partial charge is 0.330 e. The zero-order valence-electron chi connectivity index (χ0n) is 10.3. The van der Waals surface area contributed by atoms with Gasteiger partial charge < -0.3 is 10.6 Å². The lowest BCUT2D eigenvalue weighted by Crippen LogP contribution is -2.40. The molecule has 0 saturated heterocycles. The number of rotatable bonds is 5. The summed E-state index contributed by atoms with van der Waals surface area (Å²) in [5.74, 6) is 1.95. The van der Waals surface area contributed by atoms with E-state index in [4.69, 9.17) is 5.73 Å². The molecule has 0 bridgehead atoms. The Hall–Kier alpha value is -0.0800. The van der Waals surface area contributed by atoms with E-state index in [0.29, 0.717) is 5.41 Å². The quantitative estimate of drug-likeness (QED) is 0.753. The van der Waals surface area contributed by atoms with Gasteiger partial charge in [-0.25, -0.2) is 0 Å². The van der Waals surface area contributed by atoms with Gasteiger partial charge in [-0.15, -0.1) is 0 Å². The lowest BCUT2D eigenvalue weighted by atomic mass is 9.86. The van der Waals surface area contributed by atoms with E-state index in [2.05, 4.69) is 18.9 Å². The van der Waals surface area contributed by atoms with Crippen LogP contribution < -0.4 is 5.73 Å². The lowest BCUT2D eigenvalue weighted by molar-refractivity contribution is 0.178. The Morgan fingerprint density at radius 2 is 1.93 bits per heavy atom. The van der Waals surface area contributed by atoms with Crippen LogP contribution in [0.25, 0.3) is 0 Å². The van der Waals surface area contributed by atoms with Gasteiger partial charge >= 0.3 is 0 Å². The van der Waals surface area contributed by atoms with Gasteiger partial charge in [0.25, 0.3) is 0 Å². The minimum Gasteiger partial charge on any atom is -0.330 e. The molecule has 2 atom stereocenters. The third-order valence-corrected chi connectivity index (χ3v) is 4.52. The van der Waals surface area contributed by atoms with Crippen LogP contribution in [0.5, 0.6) is 0 Å². The van der Waals surface area contributed by atoms with E-state index < -0.39 is 0 Å². The second kappa shape index (κ2) is 4.42. The van der Waals surface area contributed by atoms with E-state index in [1.165, 1.54) is 45.2 Å². The minimum atomic E-state index is 0.465. The van der Waals surface area contributed by atoms with Crippen molar-refractivity contribution in [1.29, 1.82) is 0 Å². The first-order valence-corrected chi connectivity index (χ1v) is 6.54. The summed E-state index contributed by atoms with van der Waals surface area (Å²) >= 11 is 0. The van der Waals surface area contributed by atoms with E-state index in [9.17, 15) is 0 Å². The van der Waals surface area contributed by atoms with Crippen LogP contribution in [0.1, 0.15) is 39.0 Å². The van der Waals surface area contributed by atoms with E-state index in [1.807, 2.05) is 0 Å². The number of hydrogen-bond acceptors (Lipinski definition) is 2. The Morgan fingerprint density at radius 1 is 1.33 bits per heavy atom. The zero-order valence-corrected chi connectivity index (χ0v) is 10.3. The molecule has 2 N–H and O–H groups in total. The van der Waals surface area contributed by atoms with Gasteiger partial charge in [0.05, 0.1) is 0 Å². The Kier molecular flexibility index (Phi) is 3.36. The molecule has 0 spiro atoms. The molecule has 0 radical (unpaired) electrons. The molecule has 0 amide bonds. The number of nitrogens with zero attached hydrogens (tertiary/aromatic N) is 1. The van der Waals surface area contributed by atoms with Crippen LogP contribution in [0, 0.1) is 17.3 Å². The highest BCUT2D eigenvalue weighted by Crippen LogP contribution is 2.40. The maximum absolute atomic E-state index is 5.96. The molecule has 0 aromatic carbocycles. The second-order valence-corrected chi connectivity index (χ2v) is 6.08. The second-order valence-electron chi connectivity index (χ2n) is 6.08. The fourth-order valence-electron chi connectivity index (χ4n) is 3.24. The Bertz CT molecular complexity index is 209. The Labute approximate surface area is 94.2 Å². The van der Waals surface area contributed by atoms with Gasteiger partial charge in [0.1, 0.15) is 0 Å². The third-order valence-electron chi connectivity index (χ3n) is 4.52. The minimum absolute atomic E-state index is 0.465. The summed E-state index contributed by atoms with van der Waals surface area (Å²) in [7, 11) is 2.28. The van der Waals surface area contributed by atoms with Crippen LogP contribution in [-0.2, 0) is 0 Å². The summed E-state index contributed by atoms with van der Waals surface area (Å²) in [4.78, 5) is 2.53. The summed E-state index contributed by atoms with van der Waals surface area (Å²) < 4.78 is 0. The molecule has 2 unspecified atom stereocenters. The Balaban J connectivity index is 1.78. The fourth-order valence-corrected chi connectivity index (χ4v) is 3.24. The summed E-state index contributed by atoms with van der Waals surface area (Å²) in [5.41, 5.74) is 6.43. The van der Waals surface area contributed by atoms with Crippen molar-refractivity contribution in [2.24, 2.45) is 23.0 Å². The molecule has 88 valence electrons. The summed E-state index contributed by atoms with van der Waals surface area (Å²) in [6, 6.07) is 0. The summed E-state index contributed by atoms with van der Waals surface area (Å²) in [5, 5.41) is 0. The molecule has 15 heavy (non-hydrogen) atoms. The monoisotopic (exact) mass is 210 g/mol. The van der Waals surface area contributed by atoms with E-state index >= 15 is 0 Å². The predicted molar refractivity (Wildman–Crippen MR) is 64.7 cm³/mol. The molecule has 2 aliphatic carbocycles. The van der Waals surface area contributed by atoms with Crippen molar-refractivity contribution in [3.05, 3.63) is 0 Å². The zero-order chi connectivity index (χ0) is 10.9. The van der Waals surface area contributed by atoms with Crippen molar-refractivity contribution in [2.45, 2.75) is 39.0 Å². The molecule has 2 fully saturated rings. The summed E-state index contributed by atoms with van der Waals surface area (Å²) in [6.45, 7) is 5.78. The van der Waals surface area contributed by atoms with Crippen molar-refractivity contribution in [2.75, 3.05) is 26.7 Å². The molecule has 0 heterocycles. The number of hydrogen-bond donors (Lipinski definition) is 1. The molecular formula is C13H26N2. The van der Waals surface area contributed by atoms with Crippen molar-refractivity contribution >= 4 is 0 Å². The molecule has 2 rings (SSSR count). The normalized spacial score (nSPS) is 33.6. The average Bonchev–Trinajstić information content (AvgIpc) is 2.71. The fraction of sp³-hybridized carbons (Fsp3) is 1.00. The highest BCUT2D eigenvalue weighted by Gasteiger charge is 2.37. The molecular weight excluding hydrogens is 184 g/mol. The molecule has 2 aliphatic rings. The highest BCUT2D eigenvalue weighted by molar-refractivity contribution is 4.90. The van der Waals surface area contributed by atoms with E-state index in [1.54, 1.807) is 0 Å². The molecule has 2 nitrogen and oxygen atoms in total. The molecule has 0 aromatic rings. The molecule has 2 saturated carbocycles. The first-order chi connectivity index (χ1) is 7.15. The maximum Gasteiger partial charge on any atom is 0.00471 e. The predicted octanol–water partition coefficient (Wildman–Crippen LogP) is 2.09. The third kappa shape index (κ3) is 2.73. The smallest absolute Gasteiger partial charge is 0.00471 e. The van der Waals surface area contributed by atoms with Gasteiger partial charge in [0.2, 0.25) is 0 Å². The van der Waals surface area contributed by atoms with Crippen LogP contribution in [0.15, 0.2) is 0 Å². The number of nitrogens with two attached hydrogens (primary N) is 1. The van der Waals surface area contributed by atoms with Gasteiger partial charge in [0, 0.05) is 13.1 Å². The van der Waals surface area contributed by atoms with Crippen molar-refractivity contribution in [3.63, 3.8) is 0 Å². The van der Waals surface area contributed by atoms with E-state index in [0.717, 1.165) is 18.4 Å². The van der Waals surface area contributed by atoms with Gasteiger partial charge in [0.15, 0.2) is 0 Å². The van der Waals surface area contributed by atoms with Crippen LogP contribution in [0.3, 0.4) is 0 Å². The standard InChI is InChI=1S/C13H26N2/c1-11-7-12(11)8-15(2)10-13(9-14)5-3-4-6-13/h11-12H,3-10,14H2,1-2H3. The first-order valence-electron chi connectivity index (χ1n) is 6.54. The SMILES string of the molecule is CC1CC1CN(C)CC1(CN)CCCC1. The first kappa shape index (κ1) is 11.4. The maximum atomic E-state index is 5.96. The summed E-state index contributed by atoms with van der Waals surface area (Å²) in [6.07, 6.45) is 6.94. The van der Waals surface area contributed by atoms with Gasteiger partial charge in [-0.1, -0.05) is 19.8 Å². The lowest BCUT2D eigenvalue weighted by Gasteiger charge is -2.32. The van der Waals surface area contributed by atoms with Crippen molar-refractivity contribution in [3.8, 4) is 0 Å². The van der Waals surface area contributed by atoms with Crippen LogP contribution in [-0.4, -0.2) is 31.6 Å². The van der Waals surface area contributed by atoms with Gasteiger partial charge in [-0.05, 0) is 50.1 Å². The van der Waals surface area contributed by atoms with E-state index in [-0.39, 0.29) is 0 Å². The topological polar surface area (TPSA) is 29.3 Å². The van der Waals surface area contributed by atoms with Gasteiger partial charge in [-0.2, -0.15) is 0 Å². The van der Waals surface area contributed by atoms with Crippen LogP contribution >= 0.6 is 0 Å². The highest BCUT2D eigenvalue weighted by atomic mass is 15.1. The van der Waals surface area contributed by atoms with Crippen LogP contribution in [0.4, 0.5) is 0 Å². The molecule has 0 aliphatic heterocycles.